The first kappa shape index (κ1) is 12.7. The molecule has 1 N–H and O–H groups in total. The summed E-state index contributed by atoms with van der Waals surface area (Å²) >= 11 is 0. The molecule has 1 aliphatic heterocycles. The summed E-state index contributed by atoms with van der Waals surface area (Å²) in [5.41, 5.74) is 0. The van der Waals surface area contributed by atoms with Gasteiger partial charge in [0.25, 0.3) is 0 Å². The molecule has 6 heteroatoms. The molecule has 0 aromatic carbocycles. The lowest BCUT2D eigenvalue weighted by atomic mass is 10.2. The Hall–Kier alpha value is -0.330. The molecule has 0 aromatic heterocycles. The van der Waals surface area contributed by atoms with Gasteiger partial charge in [0.15, 0.2) is 0 Å². The molecule has 1 unspecified atom stereocenters. The van der Waals surface area contributed by atoms with Gasteiger partial charge in [-0.2, -0.15) is 13.2 Å². The van der Waals surface area contributed by atoms with E-state index in [-0.39, 0.29) is 6.42 Å². The van der Waals surface area contributed by atoms with E-state index in [1.807, 2.05) is 4.90 Å². The minimum Gasteiger partial charge on any atom is -0.379 e. The van der Waals surface area contributed by atoms with E-state index >= 15 is 0 Å². The van der Waals surface area contributed by atoms with Gasteiger partial charge in [0.1, 0.15) is 6.04 Å². The van der Waals surface area contributed by atoms with Gasteiger partial charge in [-0.25, -0.2) is 0 Å². The van der Waals surface area contributed by atoms with Crippen molar-refractivity contribution in [2.24, 2.45) is 0 Å². The normalized spacial score (nSPS) is 21.6. The van der Waals surface area contributed by atoms with Crippen LogP contribution in [-0.4, -0.2) is 57.0 Å². The third-order valence-electron chi connectivity index (χ3n) is 2.58. The fraction of sp³-hybridized carbons (Fsp3) is 1.00. The number of alkyl halides is 3. The van der Waals surface area contributed by atoms with E-state index in [9.17, 15) is 13.2 Å². The van der Waals surface area contributed by atoms with Crippen LogP contribution < -0.4 is 5.32 Å². The Balaban J connectivity index is 2.27. The van der Waals surface area contributed by atoms with Crippen molar-refractivity contribution < 1.29 is 17.9 Å². The lowest BCUT2D eigenvalue weighted by Gasteiger charge is -2.28. The second kappa shape index (κ2) is 5.67. The first-order valence-electron chi connectivity index (χ1n) is 5.08. The Morgan fingerprint density at radius 1 is 1.33 bits per heavy atom. The van der Waals surface area contributed by atoms with Crippen molar-refractivity contribution in [1.29, 1.82) is 0 Å². The summed E-state index contributed by atoms with van der Waals surface area (Å²) in [6.07, 6.45) is -4.05. The SMILES string of the molecule is CNC(CCN1CCOCC1)C(F)(F)F. The van der Waals surface area contributed by atoms with Gasteiger partial charge < -0.3 is 10.1 Å². The van der Waals surface area contributed by atoms with Crippen molar-refractivity contribution in [3.8, 4) is 0 Å². The quantitative estimate of drug-likeness (QED) is 0.769. The summed E-state index contributed by atoms with van der Waals surface area (Å²) in [6.45, 7) is 3.17. The molecule has 1 heterocycles. The highest BCUT2D eigenvalue weighted by atomic mass is 19.4. The number of ether oxygens (including phenoxy) is 1. The third-order valence-corrected chi connectivity index (χ3v) is 2.58. The van der Waals surface area contributed by atoms with Crippen LogP contribution in [0.25, 0.3) is 0 Å². The second-order valence-electron chi connectivity index (χ2n) is 3.63. The van der Waals surface area contributed by atoms with Crippen LogP contribution in [0.2, 0.25) is 0 Å². The molecule has 0 bridgehead atoms. The monoisotopic (exact) mass is 226 g/mol. The van der Waals surface area contributed by atoms with Crippen molar-refractivity contribution >= 4 is 0 Å². The Kier molecular flexibility index (Phi) is 4.82. The topological polar surface area (TPSA) is 24.5 Å². The van der Waals surface area contributed by atoms with Crippen molar-refractivity contribution in [2.45, 2.75) is 18.6 Å². The van der Waals surface area contributed by atoms with Crippen molar-refractivity contribution in [3.05, 3.63) is 0 Å². The van der Waals surface area contributed by atoms with Gasteiger partial charge in [-0.3, -0.25) is 4.90 Å². The van der Waals surface area contributed by atoms with Gasteiger partial charge >= 0.3 is 6.18 Å². The smallest absolute Gasteiger partial charge is 0.379 e. The molecule has 1 aliphatic rings. The molecule has 1 atom stereocenters. The van der Waals surface area contributed by atoms with Gasteiger partial charge in [-0.05, 0) is 13.5 Å². The molecule has 1 fully saturated rings. The van der Waals surface area contributed by atoms with Gasteiger partial charge in [-0.1, -0.05) is 0 Å². The fourth-order valence-corrected chi connectivity index (χ4v) is 1.61. The molecule has 15 heavy (non-hydrogen) atoms. The molecule has 0 saturated carbocycles. The Bertz CT molecular complexity index is 181. The number of hydrogen-bond acceptors (Lipinski definition) is 3. The molecule has 3 nitrogen and oxygen atoms in total. The molecule has 90 valence electrons. The average molecular weight is 226 g/mol. The molecular formula is C9H17F3N2O. The average Bonchev–Trinajstić information content (AvgIpc) is 2.18. The van der Waals surface area contributed by atoms with Crippen molar-refractivity contribution in [1.82, 2.24) is 10.2 Å². The zero-order valence-corrected chi connectivity index (χ0v) is 8.81. The minimum atomic E-state index is -4.15. The van der Waals surface area contributed by atoms with Crippen LogP contribution in [0.1, 0.15) is 6.42 Å². The number of nitrogens with one attached hydrogen (secondary N) is 1. The van der Waals surface area contributed by atoms with Crippen LogP contribution in [0, 0.1) is 0 Å². The van der Waals surface area contributed by atoms with Crippen LogP contribution in [0.15, 0.2) is 0 Å². The predicted octanol–water partition coefficient (Wildman–Crippen LogP) is 0.859. The minimum absolute atomic E-state index is 0.0972. The molecule has 0 aromatic rings. The van der Waals surface area contributed by atoms with Crippen molar-refractivity contribution in [2.75, 3.05) is 39.9 Å². The molecule has 1 rings (SSSR count). The van der Waals surface area contributed by atoms with Crippen LogP contribution in [0.4, 0.5) is 13.2 Å². The van der Waals surface area contributed by atoms with E-state index in [0.717, 1.165) is 13.1 Å². The van der Waals surface area contributed by atoms with Crippen LogP contribution in [0.3, 0.4) is 0 Å². The molecule has 1 saturated heterocycles. The molecule has 0 amide bonds. The number of nitrogens with zero attached hydrogens (tertiary/aromatic N) is 1. The lowest BCUT2D eigenvalue weighted by Crippen LogP contribution is -2.44. The maximum Gasteiger partial charge on any atom is 0.403 e. The second-order valence-corrected chi connectivity index (χ2v) is 3.63. The Labute approximate surface area is 87.6 Å². The van der Waals surface area contributed by atoms with Crippen LogP contribution >= 0.6 is 0 Å². The summed E-state index contributed by atoms with van der Waals surface area (Å²) < 4.78 is 42.2. The summed E-state index contributed by atoms with van der Waals surface area (Å²) in [5.74, 6) is 0. The molecular weight excluding hydrogens is 209 g/mol. The first-order chi connectivity index (χ1) is 7.04. The van der Waals surface area contributed by atoms with Crippen LogP contribution in [-0.2, 0) is 4.74 Å². The molecule has 0 radical (unpaired) electrons. The van der Waals surface area contributed by atoms with E-state index in [0.29, 0.717) is 19.8 Å². The van der Waals surface area contributed by atoms with Gasteiger partial charge in [0.05, 0.1) is 13.2 Å². The van der Waals surface area contributed by atoms with E-state index in [1.165, 1.54) is 7.05 Å². The standard InChI is InChI=1S/C9H17F3N2O/c1-13-8(9(10,11)12)2-3-14-4-6-15-7-5-14/h8,13H,2-7H2,1H3. The van der Waals surface area contributed by atoms with E-state index in [4.69, 9.17) is 4.74 Å². The van der Waals surface area contributed by atoms with Crippen LogP contribution in [0.5, 0.6) is 0 Å². The highest BCUT2D eigenvalue weighted by Crippen LogP contribution is 2.22. The van der Waals surface area contributed by atoms with E-state index < -0.39 is 12.2 Å². The van der Waals surface area contributed by atoms with E-state index in [1.54, 1.807) is 0 Å². The maximum atomic E-state index is 12.4. The highest BCUT2D eigenvalue weighted by Gasteiger charge is 2.38. The molecule has 0 aliphatic carbocycles. The maximum absolute atomic E-state index is 12.4. The fourth-order valence-electron chi connectivity index (χ4n) is 1.61. The number of morpholine rings is 1. The summed E-state index contributed by atoms with van der Waals surface area (Å²) in [5, 5.41) is 2.30. The third kappa shape index (κ3) is 4.36. The van der Waals surface area contributed by atoms with Gasteiger partial charge in [-0.15, -0.1) is 0 Å². The molecule has 0 spiro atoms. The summed E-state index contributed by atoms with van der Waals surface area (Å²) in [7, 11) is 1.34. The zero-order chi connectivity index (χ0) is 11.3. The highest BCUT2D eigenvalue weighted by molar-refractivity contribution is 4.75. The van der Waals surface area contributed by atoms with E-state index in [2.05, 4.69) is 5.32 Å². The number of hydrogen-bond donors (Lipinski definition) is 1. The number of rotatable bonds is 4. The summed E-state index contributed by atoms with van der Waals surface area (Å²) in [6, 6.07) is -1.40. The zero-order valence-electron chi connectivity index (χ0n) is 8.81. The van der Waals surface area contributed by atoms with Gasteiger partial charge in [0.2, 0.25) is 0 Å². The van der Waals surface area contributed by atoms with Gasteiger partial charge in [0, 0.05) is 19.6 Å². The Morgan fingerprint density at radius 2 is 1.93 bits per heavy atom. The van der Waals surface area contributed by atoms with Crippen molar-refractivity contribution in [3.63, 3.8) is 0 Å². The summed E-state index contributed by atoms with van der Waals surface area (Å²) in [4.78, 5) is 2.00. The number of halogens is 3. The largest absolute Gasteiger partial charge is 0.403 e. The predicted molar refractivity (Wildman–Crippen MR) is 50.8 cm³/mol. The Morgan fingerprint density at radius 3 is 2.40 bits per heavy atom. The first-order valence-corrected chi connectivity index (χ1v) is 5.08. The lowest BCUT2D eigenvalue weighted by molar-refractivity contribution is -0.157.